The second kappa shape index (κ2) is 14.3. The quantitative estimate of drug-likeness (QED) is 0.173. The van der Waals surface area contributed by atoms with Crippen molar-refractivity contribution in [2.45, 2.75) is 0 Å². The number of hydrogen-bond acceptors (Lipinski definition) is 4. The molecule has 3 aromatic heterocycles. The number of fused-ring (bicyclic) bond motifs is 11. The Kier molecular flexibility index (Phi) is 7.91. The van der Waals surface area contributed by atoms with Crippen LogP contribution in [0.5, 0.6) is 0 Å². The van der Waals surface area contributed by atoms with Gasteiger partial charge in [0.25, 0.3) is 0 Å². The number of rotatable bonds is 5. The minimum Gasteiger partial charge on any atom is -0.456 e. The van der Waals surface area contributed by atoms with Crippen molar-refractivity contribution >= 4 is 86.8 Å². The number of para-hydroxylation sites is 1. The van der Waals surface area contributed by atoms with Crippen LogP contribution in [0.4, 0.5) is 0 Å². The largest absolute Gasteiger partial charge is 0.456 e. The van der Waals surface area contributed by atoms with Crippen molar-refractivity contribution in [1.82, 2.24) is 19.5 Å². The first-order chi connectivity index (χ1) is 32.7. The van der Waals surface area contributed by atoms with Crippen LogP contribution in [0.3, 0.4) is 0 Å². The van der Waals surface area contributed by atoms with Crippen LogP contribution in [-0.2, 0) is 0 Å². The molecule has 0 aliphatic rings. The molecule has 0 aliphatic carbocycles. The van der Waals surface area contributed by atoms with Gasteiger partial charge >= 0.3 is 0 Å². The van der Waals surface area contributed by atoms with Crippen LogP contribution in [0.25, 0.3) is 138 Å². The van der Waals surface area contributed by atoms with Crippen LogP contribution in [0.2, 0.25) is 0 Å². The Hall–Kier alpha value is -8.93. The van der Waals surface area contributed by atoms with Gasteiger partial charge in [-0.25, -0.2) is 15.0 Å². The molecule has 0 bridgehead atoms. The maximum absolute atomic E-state index is 6.37. The van der Waals surface area contributed by atoms with Crippen molar-refractivity contribution in [2.24, 2.45) is 0 Å². The van der Waals surface area contributed by atoms with Crippen LogP contribution in [0, 0.1) is 0 Å². The molecule has 0 aliphatic heterocycles. The predicted molar refractivity (Wildman–Crippen MR) is 273 cm³/mol. The Bertz CT molecular complexity index is 4210. The molecule has 0 amide bonds. The number of hydrogen-bond donors (Lipinski definition) is 0. The fraction of sp³-hybridized carbons (Fsp3) is 0. The van der Waals surface area contributed by atoms with Gasteiger partial charge in [-0.2, -0.15) is 0 Å². The Morgan fingerprint density at radius 2 is 0.803 bits per heavy atom. The van der Waals surface area contributed by atoms with Gasteiger partial charge in [0.05, 0.1) is 16.7 Å². The van der Waals surface area contributed by atoms with Crippen molar-refractivity contribution in [2.75, 3.05) is 0 Å². The normalized spacial score (nSPS) is 11.9. The molecule has 66 heavy (non-hydrogen) atoms. The van der Waals surface area contributed by atoms with Crippen molar-refractivity contribution in [3.63, 3.8) is 0 Å². The molecule has 306 valence electrons. The number of benzene rings is 11. The lowest BCUT2D eigenvalue weighted by Gasteiger charge is -2.17. The summed E-state index contributed by atoms with van der Waals surface area (Å²) in [6.07, 6.45) is 0. The minimum atomic E-state index is 0.596. The van der Waals surface area contributed by atoms with E-state index in [0.29, 0.717) is 17.5 Å². The fourth-order valence-corrected chi connectivity index (χ4v) is 10.1. The SMILES string of the molecule is c1ccc2cc(-c3nc(-c4ccc(-n5c6cc7ccccc7cc6c6c7ccccc7ccc65)c(-c5ccc6oc7ccccc7c6c5)c4)nc(-c4ccc5ccccc5c4)n3)ccc2c1. The van der Waals surface area contributed by atoms with E-state index in [2.05, 4.69) is 211 Å². The third kappa shape index (κ3) is 5.77. The molecular formula is C61H36N4O. The third-order valence-corrected chi connectivity index (χ3v) is 13.4. The van der Waals surface area contributed by atoms with E-state index in [4.69, 9.17) is 19.4 Å². The van der Waals surface area contributed by atoms with Crippen molar-refractivity contribution < 1.29 is 4.42 Å². The maximum Gasteiger partial charge on any atom is 0.164 e. The van der Waals surface area contributed by atoms with Gasteiger partial charge in [0.1, 0.15) is 11.2 Å². The number of aromatic nitrogens is 4. The number of nitrogens with zero attached hydrogens (tertiary/aromatic N) is 4. The number of furan rings is 1. The molecular weight excluding hydrogens is 805 g/mol. The highest BCUT2D eigenvalue weighted by molar-refractivity contribution is 6.23. The highest BCUT2D eigenvalue weighted by Crippen LogP contribution is 2.43. The predicted octanol–water partition coefficient (Wildman–Crippen LogP) is 16.1. The van der Waals surface area contributed by atoms with E-state index < -0.39 is 0 Å². The van der Waals surface area contributed by atoms with Gasteiger partial charge in [-0.1, -0.05) is 152 Å². The summed E-state index contributed by atoms with van der Waals surface area (Å²) in [5.41, 5.74) is 9.89. The monoisotopic (exact) mass is 840 g/mol. The summed E-state index contributed by atoms with van der Waals surface area (Å²) in [4.78, 5) is 15.8. The summed E-state index contributed by atoms with van der Waals surface area (Å²) in [6, 6.07) is 77.8. The van der Waals surface area contributed by atoms with E-state index in [9.17, 15) is 0 Å². The van der Waals surface area contributed by atoms with Gasteiger partial charge in [-0.05, 0) is 115 Å². The first-order valence-corrected chi connectivity index (χ1v) is 22.3. The molecule has 11 aromatic carbocycles. The van der Waals surface area contributed by atoms with E-state index in [-0.39, 0.29) is 0 Å². The van der Waals surface area contributed by atoms with Gasteiger partial charge in [0.2, 0.25) is 0 Å². The molecule has 0 unspecified atom stereocenters. The smallest absolute Gasteiger partial charge is 0.164 e. The summed E-state index contributed by atoms with van der Waals surface area (Å²) in [7, 11) is 0. The van der Waals surface area contributed by atoms with Crippen molar-refractivity contribution in [1.29, 1.82) is 0 Å². The van der Waals surface area contributed by atoms with Gasteiger partial charge in [0, 0.05) is 43.8 Å². The lowest BCUT2D eigenvalue weighted by molar-refractivity contribution is 0.669. The zero-order valence-electron chi connectivity index (χ0n) is 35.5. The molecule has 3 heterocycles. The van der Waals surface area contributed by atoms with Gasteiger partial charge in [0.15, 0.2) is 17.5 Å². The lowest BCUT2D eigenvalue weighted by Crippen LogP contribution is -2.02. The highest BCUT2D eigenvalue weighted by atomic mass is 16.3. The Labute approximate surface area is 378 Å². The summed E-state index contributed by atoms with van der Waals surface area (Å²) in [6.45, 7) is 0. The average molecular weight is 841 g/mol. The molecule has 14 rings (SSSR count). The van der Waals surface area contributed by atoms with Crippen LogP contribution in [-0.4, -0.2) is 19.5 Å². The first kappa shape index (κ1) is 36.5. The molecule has 14 aromatic rings. The van der Waals surface area contributed by atoms with Crippen LogP contribution >= 0.6 is 0 Å². The zero-order valence-corrected chi connectivity index (χ0v) is 35.5. The van der Waals surface area contributed by atoms with Crippen LogP contribution in [0.1, 0.15) is 0 Å². The molecule has 0 fully saturated rings. The average Bonchev–Trinajstić information content (AvgIpc) is 3.92. The van der Waals surface area contributed by atoms with Gasteiger partial charge in [-0.3, -0.25) is 0 Å². The van der Waals surface area contributed by atoms with Gasteiger partial charge < -0.3 is 8.98 Å². The van der Waals surface area contributed by atoms with Gasteiger partial charge in [-0.15, -0.1) is 0 Å². The van der Waals surface area contributed by atoms with Crippen molar-refractivity contribution in [3.05, 3.63) is 218 Å². The lowest BCUT2D eigenvalue weighted by atomic mass is 9.98. The summed E-state index contributed by atoms with van der Waals surface area (Å²) in [5.74, 6) is 1.83. The minimum absolute atomic E-state index is 0.596. The van der Waals surface area contributed by atoms with E-state index in [1.807, 2.05) is 12.1 Å². The molecule has 0 radical (unpaired) electrons. The molecule has 0 saturated heterocycles. The first-order valence-electron chi connectivity index (χ1n) is 22.3. The van der Waals surface area contributed by atoms with E-state index in [0.717, 1.165) is 77.2 Å². The third-order valence-electron chi connectivity index (χ3n) is 13.4. The van der Waals surface area contributed by atoms with E-state index >= 15 is 0 Å². The summed E-state index contributed by atoms with van der Waals surface area (Å²) < 4.78 is 8.82. The second-order valence-electron chi connectivity index (χ2n) is 17.2. The topological polar surface area (TPSA) is 56.7 Å². The molecule has 5 nitrogen and oxygen atoms in total. The molecule has 0 N–H and O–H groups in total. The van der Waals surface area contributed by atoms with Crippen molar-refractivity contribution in [3.8, 4) is 51.0 Å². The molecule has 0 spiro atoms. The molecule has 0 atom stereocenters. The second-order valence-corrected chi connectivity index (χ2v) is 17.2. The fourth-order valence-electron chi connectivity index (χ4n) is 10.1. The highest BCUT2D eigenvalue weighted by Gasteiger charge is 2.22. The Balaban J connectivity index is 1.05. The zero-order chi connectivity index (χ0) is 43.3. The van der Waals surface area contributed by atoms with Crippen LogP contribution < -0.4 is 0 Å². The van der Waals surface area contributed by atoms with E-state index in [1.54, 1.807) is 0 Å². The molecule has 5 heteroatoms. The molecule has 0 saturated carbocycles. The maximum atomic E-state index is 6.37. The van der Waals surface area contributed by atoms with Crippen LogP contribution in [0.15, 0.2) is 223 Å². The van der Waals surface area contributed by atoms with E-state index in [1.165, 1.54) is 43.1 Å². The Morgan fingerprint density at radius 3 is 1.48 bits per heavy atom. The summed E-state index contributed by atoms with van der Waals surface area (Å²) in [5, 5.41) is 14.0. The standard InChI is InChI=1S/C61H36N4O/c1-3-14-40-31-45(23-21-37(40)11-1)59-62-60(46-24-22-38-12-2-4-15-41(38)32-46)64-61(63-59)47-26-28-53(50(35-47)44-27-30-57-51(34-44)49-19-9-10-20-56(49)66-57)65-54-29-25-39-13-7-8-18-48(39)58(54)52-33-42-16-5-6-17-43(42)36-55(52)65/h1-36H. The summed E-state index contributed by atoms with van der Waals surface area (Å²) >= 11 is 0. The Morgan fingerprint density at radius 1 is 0.303 bits per heavy atom.